The van der Waals surface area contributed by atoms with Gasteiger partial charge >= 0.3 is 11.9 Å². The molecule has 0 bridgehead atoms. The van der Waals surface area contributed by atoms with Crippen LogP contribution >= 0.6 is 0 Å². The zero-order chi connectivity index (χ0) is 20.4. The molecule has 11 heteroatoms. The van der Waals surface area contributed by atoms with Crippen LogP contribution in [0.15, 0.2) is 0 Å². The second-order valence-corrected chi connectivity index (χ2v) is 6.30. The second-order valence-electron chi connectivity index (χ2n) is 6.30. The zero-order valence-electron chi connectivity index (χ0n) is 14.7. The highest BCUT2D eigenvalue weighted by molar-refractivity contribution is 5.94. The number of hydrogen-bond acceptors (Lipinski definition) is 6. The van der Waals surface area contributed by atoms with Crippen molar-refractivity contribution in [3.05, 3.63) is 0 Å². The molecule has 0 radical (unpaired) electrons. The van der Waals surface area contributed by atoms with E-state index in [1.807, 2.05) is 0 Å². The fourth-order valence-corrected chi connectivity index (χ4v) is 2.06. The van der Waals surface area contributed by atoms with Crippen molar-refractivity contribution >= 4 is 29.7 Å². The maximum absolute atomic E-state index is 12.2. The van der Waals surface area contributed by atoms with E-state index in [1.54, 1.807) is 13.8 Å². The van der Waals surface area contributed by atoms with E-state index in [1.165, 1.54) is 0 Å². The minimum atomic E-state index is -1.51. The van der Waals surface area contributed by atoms with Crippen LogP contribution in [-0.2, 0) is 24.0 Å². The summed E-state index contributed by atoms with van der Waals surface area (Å²) in [6, 6.07) is -3.90. The van der Waals surface area contributed by atoms with Gasteiger partial charge in [0.2, 0.25) is 17.7 Å². The Labute approximate surface area is 150 Å². The van der Waals surface area contributed by atoms with Gasteiger partial charge < -0.3 is 32.3 Å². The third kappa shape index (κ3) is 9.57. The number of primary amides is 1. The number of hydrogen-bond donors (Lipinski definition) is 6. The van der Waals surface area contributed by atoms with Crippen molar-refractivity contribution in [2.75, 3.05) is 0 Å². The largest absolute Gasteiger partial charge is 0.481 e. The summed E-state index contributed by atoms with van der Waals surface area (Å²) in [5, 5.41) is 22.4. The van der Waals surface area contributed by atoms with Crippen molar-refractivity contribution in [1.82, 2.24) is 10.6 Å². The van der Waals surface area contributed by atoms with Crippen LogP contribution in [-0.4, -0.2) is 58.0 Å². The number of nitrogens with two attached hydrogens (primary N) is 2. The Morgan fingerprint density at radius 1 is 0.962 bits per heavy atom. The van der Waals surface area contributed by atoms with Gasteiger partial charge in [-0.15, -0.1) is 0 Å². The Kier molecular flexibility index (Phi) is 9.89. The first-order valence-electron chi connectivity index (χ1n) is 8.03. The minimum Gasteiger partial charge on any atom is -0.481 e. The smallest absolute Gasteiger partial charge is 0.326 e. The normalized spacial score (nSPS) is 14.2. The van der Waals surface area contributed by atoms with E-state index in [4.69, 9.17) is 21.7 Å². The Hall–Kier alpha value is -2.69. The maximum Gasteiger partial charge on any atom is 0.326 e. The molecule has 3 amide bonds. The molecule has 0 heterocycles. The molecule has 0 unspecified atom stereocenters. The predicted molar refractivity (Wildman–Crippen MR) is 89.6 cm³/mol. The van der Waals surface area contributed by atoms with Gasteiger partial charge in [-0.2, -0.15) is 0 Å². The molecule has 0 aliphatic heterocycles. The van der Waals surface area contributed by atoms with Gasteiger partial charge in [-0.25, -0.2) is 4.79 Å². The zero-order valence-corrected chi connectivity index (χ0v) is 14.7. The van der Waals surface area contributed by atoms with Crippen LogP contribution in [0.2, 0.25) is 0 Å². The molecule has 0 aliphatic carbocycles. The van der Waals surface area contributed by atoms with E-state index in [9.17, 15) is 24.0 Å². The first-order chi connectivity index (χ1) is 11.9. The number of carbonyl (C=O) groups excluding carboxylic acids is 3. The molecule has 0 spiro atoms. The summed E-state index contributed by atoms with van der Waals surface area (Å²) in [6.45, 7) is 3.52. The van der Waals surface area contributed by atoms with Gasteiger partial charge in [-0.05, 0) is 18.8 Å². The van der Waals surface area contributed by atoms with Crippen molar-refractivity contribution < 1.29 is 34.2 Å². The summed E-state index contributed by atoms with van der Waals surface area (Å²) >= 11 is 0. The molecule has 0 aromatic carbocycles. The van der Waals surface area contributed by atoms with Crippen LogP contribution < -0.4 is 22.1 Å². The Bertz CT molecular complexity index is 550. The van der Waals surface area contributed by atoms with Crippen molar-refractivity contribution in [3.8, 4) is 0 Å². The summed E-state index contributed by atoms with van der Waals surface area (Å²) in [4.78, 5) is 57.1. The number of aliphatic carboxylic acids is 2. The monoisotopic (exact) mass is 374 g/mol. The average molecular weight is 374 g/mol. The predicted octanol–water partition coefficient (Wildman–Crippen LogP) is -1.85. The molecule has 0 aromatic rings. The van der Waals surface area contributed by atoms with Gasteiger partial charge in [-0.1, -0.05) is 13.8 Å². The summed E-state index contributed by atoms with van der Waals surface area (Å²) in [6.07, 6.45) is -0.853. The highest BCUT2D eigenvalue weighted by Crippen LogP contribution is 2.06. The standard InChI is InChI=1S/C15H26N4O7/c1-7(2)5-10(15(25)26)19-14(24)9(6-12(21)22)18-13(23)8(16)3-4-11(17)20/h7-10H,3-6,16H2,1-2H3,(H2,17,20)(H,18,23)(H,19,24)(H,21,22)(H,25,26)/t8-,9-,10-/m0/s1. The van der Waals surface area contributed by atoms with E-state index in [-0.39, 0.29) is 25.2 Å². The number of carbonyl (C=O) groups is 5. The average Bonchev–Trinajstić information content (AvgIpc) is 2.49. The SMILES string of the molecule is CC(C)C[C@H](NC(=O)[C@H](CC(=O)O)NC(=O)[C@@H](N)CCC(N)=O)C(=O)O. The third-order valence-electron chi connectivity index (χ3n) is 3.37. The molecule has 0 aromatic heterocycles. The molecule has 0 saturated carbocycles. The minimum absolute atomic E-state index is 0.0360. The lowest BCUT2D eigenvalue weighted by atomic mass is 10.0. The van der Waals surface area contributed by atoms with E-state index in [0.717, 1.165) is 0 Å². The van der Waals surface area contributed by atoms with Crippen LogP contribution in [0.25, 0.3) is 0 Å². The van der Waals surface area contributed by atoms with Crippen LogP contribution in [0.4, 0.5) is 0 Å². The molecule has 0 aliphatic rings. The number of carboxylic acids is 2. The van der Waals surface area contributed by atoms with Gasteiger partial charge in [0.25, 0.3) is 0 Å². The quantitative estimate of drug-likeness (QED) is 0.228. The molecule has 26 heavy (non-hydrogen) atoms. The fourth-order valence-electron chi connectivity index (χ4n) is 2.06. The Morgan fingerprint density at radius 3 is 1.92 bits per heavy atom. The first-order valence-corrected chi connectivity index (χ1v) is 8.03. The topological polar surface area (TPSA) is 202 Å². The third-order valence-corrected chi connectivity index (χ3v) is 3.37. The lowest BCUT2D eigenvalue weighted by Gasteiger charge is -2.22. The molecule has 0 fully saturated rings. The number of carboxylic acid groups (broad SMARTS) is 2. The Balaban J connectivity index is 5.02. The van der Waals surface area contributed by atoms with E-state index in [0.29, 0.717) is 0 Å². The molecule has 0 rings (SSSR count). The maximum atomic E-state index is 12.2. The van der Waals surface area contributed by atoms with Gasteiger partial charge in [-0.3, -0.25) is 19.2 Å². The van der Waals surface area contributed by atoms with Gasteiger partial charge in [0.15, 0.2) is 0 Å². The molecule has 11 nitrogen and oxygen atoms in total. The number of nitrogens with one attached hydrogen (secondary N) is 2. The van der Waals surface area contributed by atoms with Gasteiger partial charge in [0.1, 0.15) is 12.1 Å². The lowest BCUT2D eigenvalue weighted by molar-refractivity contribution is -0.143. The van der Waals surface area contributed by atoms with E-state index in [2.05, 4.69) is 10.6 Å². The van der Waals surface area contributed by atoms with Crippen molar-refractivity contribution in [1.29, 1.82) is 0 Å². The van der Waals surface area contributed by atoms with Gasteiger partial charge in [0, 0.05) is 6.42 Å². The highest BCUT2D eigenvalue weighted by Gasteiger charge is 2.29. The molecular formula is C15H26N4O7. The second kappa shape index (κ2) is 11.0. The lowest BCUT2D eigenvalue weighted by Crippen LogP contribution is -2.55. The van der Waals surface area contributed by atoms with Gasteiger partial charge in [0.05, 0.1) is 12.5 Å². The molecular weight excluding hydrogens is 348 g/mol. The molecule has 3 atom stereocenters. The Morgan fingerprint density at radius 2 is 1.50 bits per heavy atom. The van der Waals surface area contributed by atoms with Crippen molar-refractivity contribution in [3.63, 3.8) is 0 Å². The molecule has 8 N–H and O–H groups in total. The highest BCUT2D eigenvalue weighted by atomic mass is 16.4. The molecule has 0 saturated heterocycles. The van der Waals surface area contributed by atoms with E-state index >= 15 is 0 Å². The summed E-state index contributed by atoms with van der Waals surface area (Å²) < 4.78 is 0. The fraction of sp³-hybridized carbons (Fsp3) is 0.667. The number of rotatable bonds is 12. The molecule has 148 valence electrons. The summed E-state index contributed by atoms with van der Waals surface area (Å²) in [5.74, 6) is -5.13. The first kappa shape index (κ1) is 23.3. The van der Waals surface area contributed by atoms with Crippen molar-refractivity contribution in [2.45, 2.75) is 57.7 Å². The van der Waals surface area contributed by atoms with Crippen LogP contribution in [0.5, 0.6) is 0 Å². The van der Waals surface area contributed by atoms with Crippen LogP contribution in [0.3, 0.4) is 0 Å². The summed E-state index contributed by atoms with van der Waals surface area (Å²) in [5.41, 5.74) is 10.5. The number of amides is 3. The van der Waals surface area contributed by atoms with E-state index < -0.39 is 54.2 Å². The van der Waals surface area contributed by atoms with Crippen molar-refractivity contribution in [2.24, 2.45) is 17.4 Å². The van der Waals surface area contributed by atoms with Crippen LogP contribution in [0.1, 0.15) is 39.5 Å². The van der Waals surface area contributed by atoms with Crippen LogP contribution in [0, 0.1) is 5.92 Å². The summed E-state index contributed by atoms with van der Waals surface area (Å²) in [7, 11) is 0.